The summed E-state index contributed by atoms with van der Waals surface area (Å²) in [5.41, 5.74) is 1.79. The first-order valence-corrected chi connectivity index (χ1v) is 12.0. The fraction of sp³-hybridized carbons (Fsp3) is 0.381. The number of aromatic nitrogens is 3. The maximum absolute atomic E-state index is 12.8. The molecule has 3 aromatic rings. The van der Waals surface area contributed by atoms with Crippen LogP contribution in [0.1, 0.15) is 19.3 Å². The highest BCUT2D eigenvalue weighted by Crippen LogP contribution is 2.32. The Kier molecular flexibility index (Phi) is 5.43. The van der Waals surface area contributed by atoms with E-state index in [0.717, 1.165) is 12.8 Å². The van der Waals surface area contributed by atoms with E-state index < -0.39 is 10.0 Å². The summed E-state index contributed by atoms with van der Waals surface area (Å²) in [6, 6.07) is 10.1. The molecule has 32 heavy (non-hydrogen) atoms. The van der Waals surface area contributed by atoms with Crippen LogP contribution in [0.4, 0.5) is 5.69 Å². The third-order valence-electron chi connectivity index (χ3n) is 5.56. The van der Waals surface area contributed by atoms with Crippen LogP contribution in [0.5, 0.6) is 11.5 Å². The molecule has 0 radical (unpaired) electrons. The van der Waals surface area contributed by atoms with Crippen molar-refractivity contribution in [2.24, 2.45) is 0 Å². The number of hydrogen-bond donors (Lipinski definition) is 1. The molecule has 1 amide bonds. The van der Waals surface area contributed by atoms with Gasteiger partial charge in [0.05, 0.1) is 17.0 Å². The number of anilines is 1. The van der Waals surface area contributed by atoms with Gasteiger partial charge in [-0.25, -0.2) is 13.1 Å². The molecular weight excluding hydrogens is 434 g/mol. The van der Waals surface area contributed by atoms with Crippen molar-refractivity contribution >= 4 is 32.7 Å². The van der Waals surface area contributed by atoms with Gasteiger partial charge in [-0.3, -0.25) is 4.79 Å². The van der Waals surface area contributed by atoms with Crippen molar-refractivity contribution in [2.45, 2.75) is 30.7 Å². The van der Waals surface area contributed by atoms with E-state index in [-0.39, 0.29) is 17.2 Å². The van der Waals surface area contributed by atoms with Crippen LogP contribution in [0.2, 0.25) is 0 Å². The van der Waals surface area contributed by atoms with Gasteiger partial charge in [0.2, 0.25) is 15.9 Å². The van der Waals surface area contributed by atoms with Gasteiger partial charge in [0, 0.05) is 31.3 Å². The molecule has 2 aliphatic rings. The number of aryl methyl sites for hydroxylation is 1. The molecule has 2 aliphatic heterocycles. The number of carbonyl (C=O) groups is 1. The lowest BCUT2D eigenvalue weighted by molar-refractivity contribution is -0.116. The molecule has 0 saturated carbocycles. The van der Waals surface area contributed by atoms with E-state index in [1.807, 2.05) is 0 Å². The van der Waals surface area contributed by atoms with Gasteiger partial charge < -0.3 is 14.8 Å². The van der Waals surface area contributed by atoms with Crippen LogP contribution >= 0.6 is 0 Å². The van der Waals surface area contributed by atoms with Crippen molar-refractivity contribution in [3.8, 4) is 11.5 Å². The number of carbonyl (C=O) groups excluding carboxylic acids is 1. The van der Waals surface area contributed by atoms with E-state index in [1.165, 1.54) is 4.31 Å². The van der Waals surface area contributed by atoms with Crippen molar-refractivity contribution in [2.75, 3.05) is 31.6 Å². The number of rotatable bonds is 6. The monoisotopic (exact) mass is 457 g/mol. The van der Waals surface area contributed by atoms with Crippen LogP contribution in [-0.4, -0.2) is 59.9 Å². The molecule has 0 atom stereocenters. The van der Waals surface area contributed by atoms with Gasteiger partial charge in [0.15, 0.2) is 11.5 Å². The molecule has 0 spiro atoms. The number of ether oxygens (including phenoxy) is 2. The van der Waals surface area contributed by atoms with E-state index in [0.29, 0.717) is 61.1 Å². The molecule has 2 aromatic carbocycles. The minimum absolute atomic E-state index is 0.181. The standard InChI is InChI=1S/C21H23N5O5S/c27-21(22-15-3-6-19-20(13-15)31-12-11-30-19)7-10-26-18-5-4-16(14-17(18)23-24-26)32(28,29)25-8-1-2-9-25/h3-6,13-14H,1-2,7-12H2,(H,22,27). The molecule has 10 nitrogen and oxygen atoms in total. The van der Waals surface area contributed by atoms with Gasteiger partial charge in [0.25, 0.3) is 0 Å². The lowest BCUT2D eigenvalue weighted by atomic mass is 10.2. The predicted molar refractivity (Wildman–Crippen MR) is 116 cm³/mol. The molecular formula is C21H23N5O5S. The second-order valence-corrected chi connectivity index (χ2v) is 9.67. The first kappa shape index (κ1) is 20.7. The van der Waals surface area contributed by atoms with Crippen LogP contribution < -0.4 is 14.8 Å². The molecule has 5 rings (SSSR count). The van der Waals surface area contributed by atoms with E-state index in [4.69, 9.17) is 9.47 Å². The van der Waals surface area contributed by atoms with E-state index in [1.54, 1.807) is 41.1 Å². The third-order valence-corrected chi connectivity index (χ3v) is 7.46. The SMILES string of the molecule is O=C(CCn1nnc2cc(S(=O)(=O)N3CCCC3)ccc21)Nc1ccc2c(c1)OCCO2. The van der Waals surface area contributed by atoms with Crippen LogP contribution in [0.3, 0.4) is 0 Å². The highest BCUT2D eigenvalue weighted by Gasteiger charge is 2.27. The van der Waals surface area contributed by atoms with Crippen LogP contribution in [0.15, 0.2) is 41.3 Å². The fourth-order valence-corrected chi connectivity index (χ4v) is 5.44. The molecule has 168 valence electrons. The van der Waals surface area contributed by atoms with Gasteiger partial charge in [-0.15, -0.1) is 5.10 Å². The van der Waals surface area contributed by atoms with Gasteiger partial charge >= 0.3 is 0 Å². The number of fused-ring (bicyclic) bond motifs is 2. The molecule has 0 aliphatic carbocycles. The lowest BCUT2D eigenvalue weighted by Crippen LogP contribution is -2.27. The predicted octanol–water partition coefficient (Wildman–Crippen LogP) is 2.02. The zero-order chi connectivity index (χ0) is 22.1. The molecule has 1 aromatic heterocycles. The Labute approximate surface area is 185 Å². The fourth-order valence-electron chi connectivity index (χ4n) is 3.91. The number of hydrogen-bond acceptors (Lipinski definition) is 7. The Morgan fingerprint density at radius 1 is 1.03 bits per heavy atom. The van der Waals surface area contributed by atoms with Gasteiger partial charge in [0.1, 0.15) is 18.7 Å². The maximum atomic E-state index is 12.8. The summed E-state index contributed by atoms with van der Waals surface area (Å²) in [5.74, 6) is 1.09. The Morgan fingerprint density at radius 3 is 2.62 bits per heavy atom. The zero-order valence-electron chi connectivity index (χ0n) is 17.4. The molecule has 0 unspecified atom stereocenters. The van der Waals surface area contributed by atoms with Gasteiger partial charge in [-0.05, 0) is 43.2 Å². The number of nitrogens with one attached hydrogen (secondary N) is 1. The zero-order valence-corrected chi connectivity index (χ0v) is 18.2. The Morgan fingerprint density at radius 2 is 1.81 bits per heavy atom. The maximum Gasteiger partial charge on any atom is 0.243 e. The van der Waals surface area contributed by atoms with Crippen LogP contribution in [-0.2, 0) is 21.4 Å². The van der Waals surface area contributed by atoms with Crippen LogP contribution in [0.25, 0.3) is 11.0 Å². The minimum atomic E-state index is -3.51. The Balaban J connectivity index is 1.25. The van der Waals surface area contributed by atoms with Crippen molar-refractivity contribution in [1.29, 1.82) is 0 Å². The van der Waals surface area contributed by atoms with Gasteiger partial charge in [-0.1, -0.05) is 5.21 Å². The number of benzene rings is 2. The summed E-state index contributed by atoms with van der Waals surface area (Å²) in [7, 11) is -3.51. The van der Waals surface area contributed by atoms with Crippen LogP contribution in [0, 0.1) is 0 Å². The molecule has 0 bridgehead atoms. The Bertz CT molecular complexity index is 1270. The van der Waals surface area contributed by atoms with Crippen molar-refractivity contribution in [3.05, 3.63) is 36.4 Å². The minimum Gasteiger partial charge on any atom is -0.486 e. The molecule has 1 fully saturated rings. The third kappa shape index (κ3) is 4.00. The summed E-state index contributed by atoms with van der Waals surface area (Å²) in [6.45, 7) is 2.39. The smallest absolute Gasteiger partial charge is 0.243 e. The summed E-state index contributed by atoms with van der Waals surface area (Å²) in [6.07, 6.45) is 1.94. The first-order valence-electron chi connectivity index (χ1n) is 10.5. The summed E-state index contributed by atoms with van der Waals surface area (Å²) >= 11 is 0. The average Bonchev–Trinajstić information content (AvgIpc) is 3.48. The highest BCUT2D eigenvalue weighted by atomic mass is 32.2. The lowest BCUT2D eigenvalue weighted by Gasteiger charge is -2.19. The Hall–Kier alpha value is -3.18. The summed E-state index contributed by atoms with van der Waals surface area (Å²) < 4.78 is 39.6. The highest BCUT2D eigenvalue weighted by molar-refractivity contribution is 7.89. The normalized spacial score (nSPS) is 16.4. The topological polar surface area (TPSA) is 116 Å². The van der Waals surface area contributed by atoms with Gasteiger partial charge in [-0.2, -0.15) is 4.31 Å². The quantitative estimate of drug-likeness (QED) is 0.602. The average molecular weight is 458 g/mol. The molecule has 1 N–H and O–H groups in total. The van der Waals surface area contributed by atoms with Crippen molar-refractivity contribution in [1.82, 2.24) is 19.3 Å². The second-order valence-electron chi connectivity index (χ2n) is 7.73. The first-order chi connectivity index (χ1) is 15.5. The van der Waals surface area contributed by atoms with Crippen molar-refractivity contribution in [3.63, 3.8) is 0 Å². The molecule has 11 heteroatoms. The summed E-state index contributed by atoms with van der Waals surface area (Å²) in [5, 5.41) is 11.0. The van der Waals surface area contributed by atoms with E-state index >= 15 is 0 Å². The summed E-state index contributed by atoms with van der Waals surface area (Å²) in [4.78, 5) is 12.6. The molecule has 1 saturated heterocycles. The molecule has 3 heterocycles. The number of amides is 1. The van der Waals surface area contributed by atoms with E-state index in [2.05, 4.69) is 15.6 Å². The van der Waals surface area contributed by atoms with E-state index in [9.17, 15) is 13.2 Å². The number of sulfonamides is 1. The second kappa shape index (κ2) is 8.40. The largest absolute Gasteiger partial charge is 0.486 e. The van der Waals surface area contributed by atoms with Crippen molar-refractivity contribution < 1.29 is 22.7 Å². The number of nitrogens with zero attached hydrogens (tertiary/aromatic N) is 4.